The second-order valence-electron chi connectivity index (χ2n) is 6.79. The number of para-hydroxylation sites is 1. The normalized spacial score (nSPS) is 22.3. The maximum Gasteiger partial charge on any atom is 0.234 e. The average molecular weight is 454 g/mol. The molecule has 4 rings (SSSR count). The molecular formula is C19H17ClFN3O3S2. The largest absolute Gasteiger partial charge is 0.325 e. The van der Waals surface area contributed by atoms with Crippen LogP contribution in [0.25, 0.3) is 0 Å². The lowest BCUT2D eigenvalue weighted by molar-refractivity contribution is -0.113. The van der Waals surface area contributed by atoms with Crippen molar-refractivity contribution in [1.29, 1.82) is 0 Å². The number of nitrogens with zero attached hydrogens (tertiary/aromatic N) is 2. The quantitative estimate of drug-likeness (QED) is 0.769. The SMILES string of the molecule is O=C(CSC1=N[C@@H]2CS(=O)(=O)C[C@@H]2N1c1ccccc1F)Nc1cccc(Cl)c1. The van der Waals surface area contributed by atoms with E-state index in [4.69, 9.17) is 11.6 Å². The number of amidine groups is 1. The summed E-state index contributed by atoms with van der Waals surface area (Å²) in [5.74, 6) is -0.842. The number of anilines is 2. The first-order chi connectivity index (χ1) is 13.8. The zero-order valence-electron chi connectivity index (χ0n) is 15.1. The number of carbonyl (C=O) groups excluding carboxylic acids is 1. The molecule has 29 heavy (non-hydrogen) atoms. The van der Waals surface area contributed by atoms with Crippen LogP contribution in [0, 0.1) is 5.82 Å². The summed E-state index contributed by atoms with van der Waals surface area (Å²) in [7, 11) is -3.23. The molecule has 2 aliphatic heterocycles. The van der Waals surface area contributed by atoms with Crippen LogP contribution in [-0.4, -0.2) is 48.8 Å². The number of rotatable bonds is 4. The van der Waals surface area contributed by atoms with Crippen LogP contribution in [0.4, 0.5) is 15.8 Å². The van der Waals surface area contributed by atoms with Gasteiger partial charge in [-0.25, -0.2) is 12.8 Å². The lowest BCUT2D eigenvalue weighted by Crippen LogP contribution is -2.40. The van der Waals surface area contributed by atoms with Gasteiger partial charge < -0.3 is 10.2 Å². The molecule has 1 amide bonds. The Labute approximate surface area is 177 Å². The van der Waals surface area contributed by atoms with E-state index in [1.807, 2.05) is 0 Å². The van der Waals surface area contributed by atoms with E-state index in [1.165, 1.54) is 6.07 Å². The van der Waals surface area contributed by atoms with Gasteiger partial charge in [0.1, 0.15) is 5.82 Å². The van der Waals surface area contributed by atoms with Crippen molar-refractivity contribution in [3.63, 3.8) is 0 Å². The molecule has 2 atom stereocenters. The molecule has 6 nitrogen and oxygen atoms in total. The molecule has 0 unspecified atom stereocenters. The van der Waals surface area contributed by atoms with Crippen LogP contribution in [0.3, 0.4) is 0 Å². The Kier molecular flexibility index (Phi) is 5.54. The van der Waals surface area contributed by atoms with Crippen molar-refractivity contribution in [2.45, 2.75) is 12.1 Å². The van der Waals surface area contributed by atoms with Gasteiger partial charge in [-0.2, -0.15) is 0 Å². The number of halogens is 2. The standard InChI is InChI=1S/C19H17ClFN3O3S2/c20-12-4-3-5-13(8-12)22-18(25)9-28-19-23-15-10-29(26,27)11-17(15)24(19)16-7-2-1-6-14(16)21/h1-8,15,17H,9-11H2,(H,22,25)/t15-,17+/m1/s1. The Morgan fingerprint density at radius 1 is 1.24 bits per heavy atom. The summed E-state index contributed by atoms with van der Waals surface area (Å²) < 4.78 is 38.5. The van der Waals surface area contributed by atoms with Gasteiger partial charge in [0, 0.05) is 10.7 Å². The fourth-order valence-corrected chi connectivity index (χ4v) is 6.41. The summed E-state index contributed by atoms with van der Waals surface area (Å²) in [4.78, 5) is 18.4. The van der Waals surface area contributed by atoms with E-state index in [1.54, 1.807) is 47.4 Å². The van der Waals surface area contributed by atoms with Gasteiger partial charge in [0.2, 0.25) is 5.91 Å². The predicted octanol–water partition coefficient (Wildman–Crippen LogP) is 3.19. The molecule has 1 saturated heterocycles. The van der Waals surface area contributed by atoms with E-state index in [0.717, 1.165) is 11.8 Å². The van der Waals surface area contributed by atoms with Crippen LogP contribution >= 0.6 is 23.4 Å². The number of aliphatic imine (C=N–C) groups is 1. The highest BCUT2D eigenvalue weighted by Crippen LogP contribution is 2.36. The van der Waals surface area contributed by atoms with E-state index in [0.29, 0.717) is 15.9 Å². The van der Waals surface area contributed by atoms with Gasteiger partial charge in [0.05, 0.1) is 35.0 Å². The molecule has 1 N–H and O–H groups in total. The highest BCUT2D eigenvalue weighted by atomic mass is 35.5. The first-order valence-electron chi connectivity index (χ1n) is 8.82. The van der Waals surface area contributed by atoms with Crippen molar-refractivity contribution in [1.82, 2.24) is 0 Å². The predicted molar refractivity (Wildman–Crippen MR) is 115 cm³/mol. The van der Waals surface area contributed by atoms with E-state index in [9.17, 15) is 17.6 Å². The van der Waals surface area contributed by atoms with Crippen LogP contribution in [0.2, 0.25) is 5.02 Å². The molecule has 2 aliphatic rings. The van der Waals surface area contributed by atoms with Crippen molar-refractivity contribution < 1.29 is 17.6 Å². The molecule has 0 bridgehead atoms. The van der Waals surface area contributed by atoms with Crippen LogP contribution in [0.5, 0.6) is 0 Å². The Morgan fingerprint density at radius 3 is 2.79 bits per heavy atom. The molecule has 2 heterocycles. The maximum absolute atomic E-state index is 14.4. The fourth-order valence-electron chi connectivity index (χ4n) is 3.46. The van der Waals surface area contributed by atoms with E-state index in [2.05, 4.69) is 10.3 Å². The third kappa shape index (κ3) is 4.41. The van der Waals surface area contributed by atoms with Crippen molar-refractivity contribution in [3.05, 3.63) is 59.4 Å². The third-order valence-corrected chi connectivity index (χ3v) is 7.56. The number of thioether (sulfide) groups is 1. The molecule has 0 radical (unpaired) electrons. The summed E-state index contributed by atoms with van der Waals surface area (Å²) in [5, 5.41) is 3.70. The summed E-state index contributed by atoms with van der Waals surface area (Å²) in [6.45, 7) is 0. The van der Waals surface area contributed by atoms with Crippen LogP contribution < -0.4 is 10.2 Å². The Balaban J connectivity index is 1.52. The van der Waals surface area contributed by atoms with Gasteiger partial charge in [0.15, 0.2) is 15.0 Å². The first-order valence-corrected chi connectivity index (χ1v) is 12.0. The van der Waals surface area contributed by atoms with Gasteiger partial charge in [-0.05, 0) is 30.3 Å². The zero-order valence-corrected chi connectivity index (χ0v) is 17.5. The summed E-state index contributed by atoms with van der Waals surface area (Å²) >= 11 is 7.07. The van der Waals surface area contributed by atoms with Crippen LogP contribution in [-0.2, 0) is 14.6 Å². The number of carbonyl (C=O) groups is 1. The minimum Gasteiger partial charge on any atom is -0.325 e. The molecule has 2 aromatic carbocycles. The number of hydrogen-bond acceptors (Lipinski definition) is 6. The first kappa shape index (κ1) is 20.2. The van der Waals surface area contributed by atoms with Gasteiger partial charge >= 0.3 is 0 Å². The molecule has 0 spiro atoms. The van der Waals surface area contributed by atoms with Crippen molar-refractivity contribution in [3.8, 4) is 0 Å². The summed E-state index contributed by atoms with van der Waals surface area (Å²) in [6.07, 6.45) is 0. The van der Waals surface area contributed by atoms with Crippen LogP contribution in [0.1, 0.15) is 0 Å². The molecular weight excluding hydrogens is 437 g/mol. The van der Waals surface area contributed by atoms with Crippen molar-refractivity contribution in [2.24, 2.45) is 4.99 Å². The molecule has 10 heteroatoms. The van der Waals surface area contributed by atoms with Crippen molar-refractivity contribution >= 4 is 55.6 Å². The van der Waals surface area contributed by atoms with E-state index >= 15 is 0 Å². The monoisotopic (exact) mass is 453 g/mol. The Bertz CT molecular complexity index is 1090. The molecule has 0 saturated carbocycles. The Morgan fingerprint density at radius 2 is 2.03 bits per heavy atom. The average Bonchev–Trinajstić information content (AvgIpc) is 3.12. The van der Waals surface area contributed by atoms with E-state index in [-0.39, 0.29) is 28.9 Å². The number of amides is 1. The maximum atomic E-state index is 14.4. The second-order valence-corrected chi connectivity index (χ2v) is 10.3. The third-order valence-electron chi connectivity index (χ3n) is 4.66. The highest BCUT2D eigenvalue weighted by Gasteiger charge is 2.47. The van der Waals surface area contributed by atoms with Gasteiger partial charge in [-0.3, -0.25) is 9.79 Å². The topological polar surface area (TPSA) is 78.8 Å². The Hall–Kier alpha value is -2.10. The molecule has 1 fully saturated rings. The van der Waals surface area contributed by atoms with Gasteiger partial charge in [-0.1, -0.05) is 41.6 Å². The number of fused-ring (bicyclic) bond motifs is 1. The molecule has 2 aromatic rings. The number of sulfone groups is 1. The van der Waals surface area contributed by atoms with E-state index < -0.39 is 27.7 Å². The number of benzene rings is 2. The highest BCUT2D eigenvalue weighted by molar-refractivity contribution is 8.14. The van der Waals surface area contributed by atoms with Crippen LogP contribution in [0.15, 0.2) is 53.5 Å². The lowest BCUT2D eigenvalue weighted by Gasteiger charge is -2.26. The molecule has 0 aromatic heterocycles. The number of hydrogen-bond donors (Lipinski definition) is 1. The summed E-state index contributed by atoms with van der Waals surface area (Å²) in [5.41, 5.74) is 0.837. The summed E-state index contributed by atoms with van der Waals surface area (Å²) in [6, 6.07) is 12.0. The minimum absolute atomic E-state index is 0.0441. The lowest BCUT2D eigenvalue weighted by atomic mass is 10.1. The smallest absolute Gasteiger partial charge is 0.234 e. The minimum atomic E-state index is -3.23. The molecule has 152 valence electrons. The fraction of sp³-hybridized carbons (Fsp3) is 0.263. The number of nitrogens with one attached hydrogen (secondary N) is 1. The molecule has 0 aliphatic carbocycles. The van der Waals surface area contributed by atoms with Gasteiger partial charge in [-0.15, -0.1) is 0 Å². The van der Waals surface area contributed by atoms with Gasteiger partial charge in [0.25, 0.3) is 0 Å². The second kappa shape index (κ2) is 7.97. The zero-order chi connectivity index (χ0) is 20.6. The van der Waals surface area contributed by atoms with Crippen molar-refractivity contribution in [2.75, 3.05) is 27.5 Å².